The maximum atomic E-state index is 12.3. The van der Waals surface area contributed by atoms with Gasteiger partial charge >= 0.3 is 5.97 Å². The molecule has 1 aliphatic carbocycles. The average molecular weight is 370 g/mol. The topological polar surface area (TPSA) is 88.4 Å². The van der Waals surface area contributed by atoms with E-state index in [1.54, 1.807) is 24.3 Å². The molecule has 0 unspecified atom stereocenters. The van der Waals surface area contributed by atoms with Crippen LogP contribution in [-0.4, -0.2) is 25.6 Å². The lowest BCUT2D eigenvalue weighted by Gasteiger charge is -2.11. The van der Waals surface area contributed by atoms with Gasteiger partial charge in [-0.3, -0.25) is 4.79 Å². The van der Waals surface area contributed by atoms with E-state index < -0.39 is 5.97 Å². The molecule has 0 saturated heterocycles. The Bertz CT molecular complexity index is 865. The fourth-order valence-electron chi connectivity index (χ4n) is 2.91. The maximum Gasteiger partial charge on any atom is 0.341 e. The molecule has 0 atom stereocenters. The summed E-state index contributed by atoms with van der Waals surface area (Å²) in [5.74, 6) is -0.274. The third-order valence-electron chi connectivity index (χ3n) is 4.17. The third-order valence-corrected chi connectivity index (χ3v) is 5.37. The summed E-state index contributed by atoms with van der Waals surface area (Å²) < 4.78 is 10.3. The molecule has 1 aromatic heterocycles. The van der Waals surface area contributed by atoms with Crippen molar-refractivity contribution in [3.8, 4) is 11.8 Å². The Kier molecular flexibility index (Phi) is 5.54. The highest BCUT2D eigenvalue weighted by molar-refractivity contribution is 7.17. The number of nitrogens with zero attached hydrogens (tertiary/aromatic N) is 1. The molecule has 26 heavy (non-hydrogen) atoms. The molecule has 3 rings (SSSR count). The highest BCUT2D eigenvalue weighted by Crippen LogP contribution is 2.38. The highest BCUT2D eigenvalue weighted by Gasteiger charge is 2.26. The van der Waals surface area contributed by atoms with Crippen LogP contribution in [0.15, 0.2) is 24.3 Å². The molecule has 1 amide bonds. The van der Waals surface area contributed by atoms with Crippen molar-refractivity contribution in [2.75, 3.05) is 19.0 Å². The van der Waals surface area contributed by atoms with Gasteiger partial charge in [-0.1, -0.05) is 0 Å². The summed E-state index contributed by atoms with van der Waals surface area (Å²) in [4.78, 5) is 25.6. The number of nitrogens with one attached hydrogen (secondary N) is 1. The molecule has 0 bridgehead atoms. The number of carbonyl (C=O) groups excluding carboxylic acids is 2. The zero-order valence-electron chi connectivity index (χ0n) is 14.3. The number of ether oxygens (including phenoxy) is 2. The summed E-state index contributed by atoms with van der Waals surface area (Å²) in [6, 6.07) is 8.53. The van der Waals surface area contributed by atoms with Crippen LogP contribution in [0, 0.1) is 11.3 Å². The number of amides is 1. The van der Waals surface area contributed by atoms with Crippen molar-refractivity contribution in [2.24, 2.45) is 0 Å². The Hall–Kier alpha value is -2.85. The first-order valence-electron chi connectivity index (χ1n) is 8.28. The number of hydrogen-bond acceptors (Lipinski definition) is 6. The van der Waals surface area contributed by atoms with E-state index in [1.165, 1.54) is 18.4 Å². The minimum absolute atomic E-state index is 0.185. The summed E-state index contributed by atoms with van der Waals surface area (Å²) >= 11 is 1.44. The van der Waals surface area contributed by atoms with Gasteiger partial charge in [0.05, 0.1) is 24.3 Å². The second-order valence-electron chi connectivity index (χ2n) is 5.88. The van der Waals surface area contributed by atoms with E-state index in [0.717, 1.165) is 36.1 Å². The number of fused-ring (bicyclic) bond motifs is 1. The van der Waals surface area contributed by atoms with Gasteiger partial charge in [0.15, 0.2) is 6.61 Å². The van der Waals surface area contributed by atoms with Crippen LogP contribution < -0.4 is 10.1 Å². The van der Waals surface area contributed by atoms with Gasteiger partial charge in [-0.05, 0) is 55.5 Å². The van der Waals surface area contributed by atoms with Gasteiger partial charge in [0.1, 0.15) is 10.8 Å². The second-order valence-corrected chi connectivity index (χ2v) is 6.98. The Balaban J connectivity index is 1.69. The van der Waals surface area contributed by atoms with Crippen LogP contribution in [0.2, 0.25) is 0 Å². The molecule has 0 fully saturated rings. The van der Waals surface area contributed by atoms with Crippen LogP contribution in [-0.2, 0) is 22.4 Å². The number of anilines is 1. The number of benzene rings is 1. The molecule has 1 aliphatic rings. The summed E-state index contributed by atoms with van der Waals surface area (Å²) in [6.45, 7) is -0.185. The van der Waals surface area contributed by atoms with E-state index in [9.17, 15) is 9.59 Å². The molecule has 134 valence electrons. The molecule has 0 spiro atoms. The quantitative estimate of drug-likeness (QED) is 0.816. The van der Waals surface area contributed by atoms with Gasteiger partial charge in [-0.25, -0.2) is 4.79 Å². The average Bonchev–Trinajstić information content (AvgIpc) is 3.03. The van der Waals surface area contributed by atoms with Crippen molar-refractivity contribution >= 4 is 28.2 Å². The van der Waals surface area contributed by atoms with Crippen LogP contribution in [0.25, 0.3) is 0 Å². The van der Waals surface area contributed by atoms with Gasteiger partial charge in [0.25, 0.3) is 5.91 Å². The van der Waals surface area contributed by atoms with Crippen LogP contribution in [0.3, 0.4) is 0 Å². The van der Waals surface area contributed by atoms with Crippen LogP contribution in [0.5, 0.6) is 5.75 Å². The number of rotatable bonds is 5. The minimum atomic E-state index is -0.423. The number of nitriles is 1. The van der Waals surface area contributed by atoms with E-state index in [-0.39, 0.29) is 12.5 Å². The van der Waals surface area contributed by atoms with Gasteiger partial charge in [0, 0.05) is 4.88 Å². The normalized spacial score (nSPS) is 12.6. The largest absolute Gasteiger partial charge is 0.484 e. The number of esters is 1. The summed E-state index contributed by atoms with van der Waals surface area (Å²) in [5, 5.41) is 12.1. The Labute approximate surface area is 155 Å². The van der Waals surface area contributed by atoms with Gasteiger partial charge in [-0.2, -0.15) is 5.26 Å². The molecule has 1 heterocycles. The molecule has 6 nitrogen and oxygen atoms in total. The SMILES string of the molecule is COC(=O)c1c(NC(=O)COc2ccc(C#N)cc2)sc2c1CCCC2. The van der Waals surface area contributed by atoms with Crippen molar-refractivity contribution in [3.63, 3.8) is 0 Å². The van der Waals surface area contributed by atoms with E-state index in [2.05, 4.69) is 5.32 Å². The predicted octanol–water partition coefficient (Wildman–Crippen LogP) is 3.30. The Morgan fingerprint density at radius 3 is 2.65 bits per heavy atom. The molecule has 1 aromatic carbocycles. The molecule has 1 N–H and O–H groups in total. The van der Waals surface area contributed by atoms with Crippen molar-refractivity contribution in [1.29, 1.82) is 5.26 Å². The Morgan fingerprint density at radius 2 is 1.96 bits per heavy atom. The lowest BCUT2D eigenvalue weighted by Crippen LogP contribution is -2.21. The monoisotopic (exact) mass is 370 g/mol. The third kappa shape index (κ3) is 3.86. The first-order valence-corrected chi connectivity index (χ1v) is 9.09. The second kappa shape index (κ2) is 8.02. The van der Waals surface area contributed by atoms with Crippen LogP contribution in [0.1, 0.15) is 39.2 Å². The molecule has 0 saturated carbocycles. The van der Waals surface area contributed by atoms with Crippen molar-refractivity contribution in [2.45, 2.75) is 25.7 Å². The minimum Gasteiger partial charge on any atom is -0.484 e. The molecule has 0 radical (unpaired) electrons. The number of hydrogen-bond donors (Lipinski definition) is 1. The van der Waals surface area contributed by atoms with Gasteiger partial charge in [0.2, 0.25) is 0 Å². The van der Waals surface area contributed by atoms with Crippen molar-refractivity contribution in [3.05, 3.63) is 45.8 Å². The van der Waals surface area contributed by atoms with Gasteiger partial charge in [-0.15, -0.1) is 11.3 Å². The highest BCUT2D eigenvalue weighted by atomic mass is 32.1. The molecular formula is C19H18N2O4S. The molecule has 2 aromatic rings. The van der Waals surface area contributed by atoms with E-state index >= 15 is 0 Å². The van der Waals surface area contributed by atoms with Gasteiger partial charge < -0.3 is 14.8 Å². The summed E-state index contributed by atoms with van der Waals surface area (Å²) in [6.07, 6.45) is 3.86. The number of aryl methyl sites for hydroxylation is 1. The first kappa shape index (κ1) is 18.0. The van der Waals surface area contributed by atoms with Crippen LogP contribution >= 0.6 is 11.3 Å². The standard InChI is InChI=1S/C19H18N2O4S/c1-24-19(23)17-14-4-2-3-5-15(14)26-18(17)21-16(22)11-25-13-8-6-12(10-20)7-9-13/h6-9H,2-5,11H2,1H3,(H,21,22). The lowest BCUT2D eigenvalue weighted by molar-refractivity contribution is -0.118. The fraction of sp³-hybridized carbons (Fsp3) is 0.316. The Morgan fingerprint density at radius 1 is 1.23 bits per heavy atom. The summed E-state index contributed by atoms with van der Waals surface area (Å²) in [7, 11) is 1.34. The predicted molar refractivity (Wildman–Crippen MR) is 97.6 cm³/mol. The van der Waals surface area contributed by atoms with E-state index in [0.29, 0.717) is 21.9 Å². The van der Waals surface area contributed by atoms with E-state index in [1.807, 2.05) is 6.07 Å². The fourth-order valence-corrected chi connectivity index (χ4v) is 4.20. The van der Waals surface area contributed by atoms with Crippen molar-refractivity contribution in [1.82, 2.24) is 0 Å². The smallest absolute Gasteiger partial charge is 0.341 e. The van der Waals surface area contributed by atoms with Crippen molar-refractivity contribution < 1.29 is 19.1 Å². The zero-order valence-corrected chi connectivity index (χ0v) is 15.1. The molecular weight excluding hydrogens is 352 g/mol. The first-order chi connectivity index (χ1) is 12.6. The molecule has 0 aliphatic heterocycles. The number of methoxy groups -OCH3 is 1. The zero-order chi connectivity index (χ0) is 18.5. The number of carbonyl (C=O) groups is 2. The van der Waals surface area contributed by atoms with E-state index in [4.69, 9.17) is 14.7 Å². The maximum absolute atomic E-state index is 12.3. The number of thiophene rings is 1. The molecule has 7 heteroatoms. The lowest BCUT2D eigenvalue weighted by atomic mass is 9.95. The summed E-state index contributed by atoms with van der Waals surface area (Å²) in [5.41, 5.74) is 1.99. The van der Waals surface area contributed by atoms with Crippen LogP contribution in [0.4, 0.5) is 5.00 Å².